The summed E-state index contributed by atoms with van der Waals surface area (Å²) in [6.07, 6.45) is 0. The molecular formula is C31H22. The summed E-state index contributed by atoms with van der Waals surface area (Å²) in [5.41, 5.74) is 6.34. The van der Waals surface area contributed by atoms with Gasteiger partial charge in [0.1, 0.15) is 0 Å². The van der Waals surface area contributed by atoms with Gasteiger partial charge in [0.2, 0.25) is 0 Å². The average Bonchev–Trinajstić information content (AvgIpc) is 2.84. The molecule has 0 aliphatic heterocycles. The van der Waals surface area contributed by atoms with Crippen molar-refractivity contribution in [2.45, 2.75) is 6.92 Å². The second kappa shape index (κ2) is 7.11. The van der Waals surface area contributed by atoms with Crippen LogP contribution in [0, 0.1) is 6.92 Å². The van der Waals surface area contributed by atoms with Crippen LogP contribution in [0.25, 0.3) is 54.6 Å². The second-order valence-corrected chi connectivity index (χ2v) is 8.27. The van der Waals surface area contributed by atoms with Crippen molar-refractivity contribution in [2.75, 3.05) is 0 Å². The highest BCUT2D eigenvalue weighted by atomic mass is 14.2. The fourth-order valence-electron chi connectivity index (χ4n) is 4.87. The first-order valence-corrected chi connectivity index (χ1v) is 10.8. The van der Waals surface area contributed by atoms with Crippen molar-refractivity contribution >= 4 is 32.3 Å². The van der Waals surface area contributed by atoms with Gasteiger partial charge < -0.3 is 0 Å². The summed E-state index contributed by atoms with van der Waals surface area (Å²) in [6, 6.07) is 42.0. The van der Waals surface area contributed by atoms with E-state index in [2.05, 4.69) is 122 Å². The Morgan fingerprint density at radius 3 is 1.42 bits per heavy atom. The zero-order valence-corrected chi connectivity index (χ0v) is 17.5. The Labute approximate surface area is 182 Å². The third kappa shape index (κ3) is 2.92. The maximum atomic E-state index is 2.37. The van der Waals surface area contributed by atoms with Gasteiger partial charge in [-0.25, -0.2) is 0 Å². The minimum Gasteiger partial charge on any atom is -0.0616 e. The van der Waals surface area contributed by atoms with Crippen LogP contribution in [0.3, 0.4) is 0 Å². The molecule has 0 aliphatic carbocycles. The fourth-order valence-corrected chi connectivity index (χ4v) is 4.87. The summed E-state index contributed by atoms with van der Waals surface area (Å²) < 4.78 is 0. The Bertz CT molecular complexity index is 1550. The zero-order valence-electron chi connectivity index (χ0n) is 17.5. The number of fused-ring (bicyclic) bond motifs is 6. The molecule has 31 heavy (non-hydrogen) atoms. The Balaban J connectivity index is 1.67. The molecular weight excluding hydrogens is 372 g/mol. The van der Waals surface area contributed by atoms with E-state index in [-0.39, 0.29) is 0 Å². The Morgan fingerprint density at radius 1 is 0.355 bits per heavy atom. The van der Waals surface area contributed by atoms with Crippen LogP contribution in [-0.4, -0.2) is 0 Å². The summed E-state index contributed by atoms with van der Waals surface area (Å²) in [6.45, 7) is 2.15. The van der Waals surface area contributed by atoms with Gasteiger partial charge in [-0.2, -0.15) is 0 Å². The molecule has 0 N–H and O–H groups in total. The third-order valence-electron chi connectivity index (χ3n) is 6.31. The SMILES string of the molecule is Cc1cccc(-c2ccccc2-c2ccc3c4ccccc4c4ccccc4c3c2)c1. The normalized spacial score (nSPS) is 11.4. The van der Waals surface area contributed by atoms with Gasteiger partial charge in [-0.15, -0.1) is 0 Å². The molecule has 0 fully saturated rings. The van der Waals surface area contributed by atoms with Gasteiger partial charge in [0.25, 0.3) is 0 Å². The molecule has 0 amide bonds. The van der Waals surface area contributed by atoms with E-state index in [4.69, 9.17) is 0 Å². The highest BCUT2D eigenvalue weighted by Gasteiger charge is 2.12. The fraction of sp³-hybridized carbons (Fsp3) is 0.0323. The van der Waals surface area contributed by atoms with Crippen LogP contribution >= 0.6 is 0 Å². The van der Waals surface area contributed by atoms with Gasteiger partial charge in [-0.1, -0.05) is 115 Å². The van der Waals surface area contributed by atoms with E-state index in [1.54, 1.807) is 0 Å². The van der Waals surface area contributed by atoms with Gasteiger partial charge in [-0.3, -0.25) is 0 Å². The number of hydrogen-bond donors (Lipinski definition) is 0. The first-order chi connectivity index (χ1) is 15.3. The molecule has 6 rings (SSSR count). The van der Waals surface area contributed by atoms with Crippen LogP contribution < -0.4 is 0 Å². The molecule has 6 aromatic carbocycles. The molecule has 0 aliphatic rings. The standard InChI is InChI=1S/C31H22/c1-21-9-8-10-22(19-21)24-11-2-3-12-25(24)23-17-18-30-28-15-5-4-13-26(28)27-14-6-7-16-29(27)31(30)20-23/h2-20H,1H3. The molecule has 0 unspecified atom stereocenters. The molecule has 0 heteroatoms. The van der Waals surface area contributed by atoms with Crippen LogP contribution in [-0.2, 0) is 0 Å². The van der Waals surface area contributed by atoms with Gasteiger partial charge >= 0.3 is 0 Å². The smallest absolute Gasteiger partial charge is 0.00928 e. The molecule has 0 bridgehead atoms. The van der Waals surface area contributed by atoms with Gasteiger partial charge in [0.05, 0.1) is 0 Å². The van der Waals surface area contributed by atoms with E-state index in [0.29, 0.717) is 0 Å². The van der Waals surface area contributed by atoms with Crippen molar-refractivity contribution in [3.8, 4) is 22.3 Å². The van der Waals surface area contributed by atoms with Crippen molar-refractivity contribution in [1.82, 2.24) is 0 Å². The Morgan fingerprint density at radius 2 is 0.839 bits per heavy atom. The molecule has 0 heterocycles. The van der Waals surface area contributed by atoms with Crippen molar-refractivity contribution in [2.24, 2.45) is 0 Å². The van der Waals surface area contributed by atoms with Gasteiger partial charge in [0, 0.05) is 0 Å². The minimum absolute atomic E-state index is 1.25. The topological polar surface area (TPSA) is 0 Å². The van der Waals surface area contributed by atoms with Crippen molar-refractivity contribution in [1.29, 1.82) is 0 Å². The molecule has 0 saturated carbocycles. The van der Waals surface area contributed by atoms with E-state index in [1.165, 1.54) is 60.1 Å². The van der Waals surface area contributed by atoms with Crippen LogP contribution in [0.1, 0.15) is 5.56 Å². The van der Waals surface area contributed by atoms with E-state index in [1.807, 2.05) is 0 Å². The number of rotatable bonds is 2. The quantitative estimate of drug-likeness (QED) is 0.257. The molecule has 6 aromatic rings. The largest absolute Gasteiger partial charge is 0.0616 e. The van der Waals surface area contributed by atoms with Crippen LogP contribution in [0.5, 0.6) is 0 Å². The van der Waals surface area contributed by atoms with E-state index in [0.717, 1.165) is 0 Å². The summed E-state index contributed by atoms with van der Waals surface area (Å²) >= 11 is 0. The lowest BCUT2D eigenvalue weighted by molar-refractivity contribution is 1.47. The monoisotopic (exact) mass is 394 g/mol. The van der Waals surface area contributed by atoms with Crippen LogP contribution in [0.4, 0.5) is 0 Å². The van der Waals surface area contributed by atoms with Crippen molar-refractivity contribution in [3.63, 3.8) is 0 Å². The molecule has 0 saturated heterocycles. The van der Waals surface area contributed by atoms with Crippen LogP contribution in [0.15, 0.2) is 115 Å². The van der Waals surface area contributed by atoms with E-state index < -0.39 is 0 Å². The summed E-state index contributed by atoms with van der Waals surface area (Å²) in [5, 5.41) is 7.88. The van der Waals surface area contributed by atoms with Gasteiger partial charge in [-0.05, 0) is 67.6 Å². The van der Waals surface area contributed by atoms with Crippen molar-refractivity contribution < 1.29 is 0 Å². The zero-order chi connectivity index (χ0) is 20.8. The molecule has 0 nitrogen and oxygen atoms in total. The predicted molar refractivity (Wildman–Crippen MR) is 135 cm³/mol. The summed E-state index contributed by atoms with van der Waals surface area (Å²) in [7, 11) is 0. The summed E-state index contributed by atoms with van der Waals surface area (Å²) in [5.74, 6) is 0. The highest BCUT2D eigenvalue weighted by molar-refractivity contribution is 6.25. The number of aryl methyl sites for hydroxylation is 1. The minimum atomic E-state index is 1.25. The molecule has 0 aromatic heterocycles. The van der Waals surface area contributed by atoms with Gasteiger partial charge in [0.15, 0.2) is 0 Å². The molecule has 0 radical (unpaired) electrons. The highest BCUT2D eigenvalue weighted by Crippen LogP contribution is 2.39. The first-order valence-electron chi connectivity index (χ1n) is 10.8. The third-order valence-corrected chi connectivity index (χ3v) is 6.31. The lowest BCUT2D eigenvalue weighted by atomic mass is 9.89. The Kier molecular flexibility index (Phi) is 4.11. The average molecular weight is 395 g/mol. The van der Waals surface area contributed by atoms with Crippen molar-refractivity contribution in [3.05, 3.63) is 121 Å². The number of benzene rings is 6. The van der Waals surface area contributed by atoms with Crippen LogP contribution in [0.2, 0.25) is 0 Å². The lowest BCUT2D eigenvalue weighted by Crippen LogP contribution is -1.88. The molecule has 146 valence electrons. The summed E-state index contributed by atoms with van der Waals surface area (Å²) in [4.78, 5) is 0. The van der Waals surface area contributed by atoms with E-state index in [9.17, 15) is 0 Å². The predicted octanol–water partition coefficient (Wildman–Crippen LogP) is 8.79. The number of hydrogen-bond acceptors (Lipinski definition) is 0. The maximum Gasteiger partial charge on any atom is -0.00928 e. The van der Waals surface area contributed by atoms with E-state index >= 15 is 0 Å². The molecule has 0 atom stereocenters. The second-order valence-electron chi connectivity index (χ2n) is 8.27. The first kappa shape index (κ1) is 17.9. The lowest BCUT2D eigenvalue weighted by Gasteiger charge is -2.14. The molecule has 0 spiro atoms. The maximum absolute atomic E-state index is 2.37. The Hall–Kier alpha value is -3.90.